The van der Waals surface area contributed by atoms with E-state index in [4.69, 9.17) is 4.74 Å². The smallest absolute Gasteiger partial charge is 0.245 e. The molecule has 1 saturated heterocycles. The summed E-state index contributed by atoms with van der Waals surface area (Å²) < 4.78 is 5.76. The predicted molar refractivity (Wildman–Crippen MR) is 124 cm³/mol. The molecule has 3 rings (SSSR count). The summed E-state index contributed by atoms with van der Waals surface area (Å²) in [5.41, 5.74) is 2.06. The van der Waals surface area contributed by atoms with Gasteiger partial charge in [0, 0.05) is 44.2 Å². The Bertz CT molecular complexity index is 893. The van der Waals surface area contributed by atoms with Gasteiger partial charge in [-0.15, -0.1) is 0 Å². The maximum absolute atomic E-state index is 13.3. The highest BCUT2D eigenvalue weighted by Crippen LogP contribution is 2.26. The van der Waals surface area contributed by atoms with Crippen LogP contribution in [0.3, 0.4) is 0 Å². The first-order valence-electron chi connectivity index (χ1n) is 11.4. The van der Waals surface area contributed by atoms with Crippen LogP contribution in [-0.2, 0) is 20.7 Å². The van der Waals surface area contributed by atoms with Gasteiger partial charge in [0.1, 0.15) is 6.04 Å². The third kappa shape index (κ3) is 5.48. The van der Waals surface area contributed by atoms with E-state index in [2.05, 4.69) is 24.1 Å². The summed E-state index contributed by atoms with van der Waals surface area (Å²) in [4.78, 5) is 31.6. The number of likely N-dealkylation sites (N-methyl/N-ethyl adjacent to an activating group) is 1. The monoisotopic (exact) mass is 427 g/mol. The molecule has 1 aromatic heterocycles. The van der Waals surface area contributed by atoms with Crippen LogP contribution in [0.2, 0.25) is 0 Å². The molecule has 170 valence electrons. The number of methoxy groups -OCH3 is 1. The summed E-state index contributed by atoms with van der Waals surface area (Å²) >= 11 is 0. The number of H-pyrrole nitrogens is 1. The van der Waals surface area contributed by atoms with E-state index in [1.807, 2.05) is 44.4 Å². The predicted octanol–water partition coefficient (Wildman–Crippen LogP) is 3.76. The van der Waals surface area contributed by atoms with Crippen LogP contribution in [-0.4, -0.2) is 54.5 Å². The fourth-order valence-corrected chi connectivity index (χ4v) is 5.04. The Morgan fingerprint density at radius 2 is 1.90 bits per heavy atom. The molecule has 6 heteroatoms. The normalized spacial score (nSPS) is 29.2. The van der Waals surface area contributed by atoms with Crippen LogP contribution in [0.5, 0.6) is 0 Å². The average molecular weight is 428 g/mol. The second kappa shape index (κ2) is 10.3. The molecule has 2 heterocycles. The van der Waals surface area contributed by atoms with Gasteiger partial charge in [-0.25, -0.2) is 0 Å². The van der Waals surface area contributed by atoms with Gasteiger partial charge in [0.15, 0.2) is 0 Å². The Morgan fingerprint density at radius 1 is 1.16 bits per heavy atom. The number of rotatable bonds is 3. The quantitative estimate of drug-likeness (QED) is 0.783. The molecule has 0 radical (unpaired) electrons. The fraction of sp³-hybridized carbons (Fsp3) is 0.600. The minimum atomic E-state index is -0.606. The number of para-hydroxylation sites is 1. The first kappa shape index (κ1) is 23.3. The third-order valence-corrected chi connectivity index (χ3v) is 6.79. The summed E-state index contributed by atoms with van der Waals surface area (Å²) in [5.74, 6) is 0.282. The fourth-order valence-electron chi connectivity index (χ4n) is 5.04. The molecule has 6 nitrogen and oxygen atoms in total. The first-order valence-corrected chi connectivity index (χ1v) is 11.4. The van der Waals surface area contributed by atoms with Crippen LogP contribution in [0, 0.1) is 17.8 Å². The lowest BCUT2D eigenvalue weighted by Crippen LogP contribution is -2.51. The molecular weight excluding hydrogens is 390 g/mol. The molecular formula is C25H37N3O3. The summed E-state index contributed by atoms with van der Waals surface area (Å²) in [7, 11) is 3.51. The number of nitrogens with zero attached hydrogens (tertiary/aromatic N) is 1. The van der Waals surface area contributed by atoms with Crippen molar-refractivity contribution in [2.24, 2.45) is 17.8 Å². The molecule has 2 amide bonds. The average Bonchev–Trinajstić information content (AvgIpc) is 3.15. The molecule has 1 fully saturated rings. The summed E-state index contributed by atoms with van der Waals surface area (Å²) in [6, 6.07) is 7.43. The van der Waals surface area contributed by atoms with Gasteiger partial charge >= 0.3 is 0 Å². The van der Waals surface area contributed by atoms with Crippen LogP contribution < -0.4 is 5.32 Å². The Kier molecular flexibility index (Phi) is 7.76. The van der Waals surface area contributed by atoms with Crippen molar-refractivity contribution < 1.29 is 14.3 Å². The van der Waals surface area contributed by atoms with Gasteiger partial charge in [0.05, 0.1) is 12.0 Å². The molecule has 31 heavy (non-hydrogen) atoms. The van der Waals surface area contributed by atoms with E-state index in [0.717, 1.165) is 35.7 Å². The van der Waals surface area contributed by atoms with Crippen molar-refractivity contribution in [2.45, 2.75) is 58.6 Å². The van der Waals surface area contributed by atoms with Crippen LogP contribution >= 0.6 is 0 Å². The molecule has 2 unspecified atom stereocenters. The maximum Gasteiger partial charge on any atom is 0.245 e. The topological polar surface area (TPSA) is 74.4 Å². The van der Waals surface area contributed by atoms with Gasteiger partial charge in [0.25, 0.3) is 0 Å². The zero-order valence-electron chi connectivity index (χ0n) is 19.5. The van der Waals surface area contributed by atoms with E-state index in [0.29, 0.717) is 18.9 Å². The lowest BCUT2D eigenvalue weighted by atomic mass is 9.84. The molecule has 0 aliphatic carbocycles. The minimum absolute atomic E-state index is 0.0419. The molecule has 5 atom stereocenters. The van der Waals surface area contributed by atoms with E-state index in [1.165, 1.54) is 0 Å². The molecule has 0 spiro atoms. The number of carbonyl (C=O) groups excluding carboxylic acids is 2. The first-order chi connectivity index (χ1) is 14.8. The van der Waals surface area contributed by atoms with Crippen molar-refractivity contribution in [3.63, 3.8) is 0 Å². The highest BCUT2D eigenvalue weighted by molar-refractivity contribution is 5.90. The summed E-state index contributed by atoms with van der Waals surface area (Å²) in [6.45, 7) is 7.01. The number of amides is 2. The number of fused-ring (bicyclic) bond motifs is 1. The van der Waals surface area contributed by atoms with Crippen LogP contribution in [0.25, 0.3) is 10.9 Å². The number of nitrogens with one attached hydrogen (secondary N) is 2. The number of hydrogen-bond acceptors (Lipinski definition) is 3. The lowest BCUT2D eigenvalue weighted by Gasteiger charge is -2.30. The van der Waals surface area contributed by atoms with Crippen molar-refractivity contribution >= 4 is 22.7 Å². The Hall–Kier alpha value is -2.34. The zero-order chi connectivity index (χ0) is 22.5. The number of aromatic nitrogens is 1. The molecule has 1 aromatic carbocycles. The number of aromatic amines is 1. The molecule has 2 N–H and O–H groups in total. The third-order valence-electron chi connectivity index (χ3n) is 6.79. The number of ether oxygens (including phenoxy) is 1. The van der Waals surface area contributed by atoms with Gasteiger partial charge in [-0.3, -0.25) is 9.59 Å². The molecule has 1 aliphatic heterocycles. The minimum Gasteiger partial charge on any atom is -0.380 e. The summed E-state index contributed by atoms with van der Waals surface area (Å²) in [5, 5.41) is 4.14. The van der Waals surface area contributed by atoms with Crippen molar-refractivity contribution in [3.8, 4) is 0 Å². The van der Waals surface area contributed by atoms with Gasteiger partial charge in [-0.1, -0.05) is 39.0 Å². The SMILES string of the molecule is CO[C@H]1[C@H](C)CC(C)CCCN(C)C(=O)C(Cc2c[nH]c3ccccc23)NC(=O)[C@@H]1C. The zero-order valence-corrected chi connectivity index (χ0v) is 19.5. The van der Waals surface area contributed by atoms with Crippen molar-refractivity contribution in [1.82, 2.24) is 15.2 Å². The van der Waals surface area contributed by atoms with Gasteiger partial charge < -0.3 is 19.9 Å². The lowest BCUT2D eigenvalue weighted by molar-refractivity contribution is -0.138. The maximum atomic E-state index is 13.3. The van der Waals surface area contributed by atoms with E-state index in [-0.39, 0.29) is 29.8 Å². The largest absolute Gasteiger partial charge is 0.380 e. The summed E-state index contributed by atoms with van der Waals surface area (Å²) in [6.07, 6.45) is 5.24. The van der Waals surface area contributed by atoms with Crippen molar-refractivity contribution in [2.75, 3.05) is 20.7 Å². The Morgan fingerprint density at radius 3 is 2.65 bits per heavy atom. The van der Waals surface area contributed by atoms with Crippen molar-refractivity contribution in [3.05, 3.63) is 36.0 Å². The Labute approximate surface area is 185 Å². The van der Waals surface area contributed by atoms with E-state index in [1.54, 1.807) is 12.0 Å². The number of hydrogen-bond donors (Lipinski definition) is 2. The second-order valence-corrected chi connectivity index (χ2v) is 9.33. The molecule has 2 aromatic rings. The molecule has 0 saturated carbocycles. The van der Waals surface area contributed by atoms with Crippen molar-refractivity contribution in [1.29, 1.82) is 0 Å². The highest BCUT2D eigenvalue weighted by atomic mass is 16.5. The van der Waals surface area contributed by atoms with E-state index >= 15 is 0 Å². The van der Waals surface area contributed by atoms with E-state index in [9.17, 15) is 9.59 Å². The van der Waals surface area contributed by atoms with Gasteiger partial charge in [-0.05, 0) is 42.7 Å². The second-order valence-electron chi connectivity index (χ2n) is 9.33. The number of carbonyl (C=O) groups is 2. The van der Waals surface area contributed by atoms with Crippen LogP contribution in [0.15, 0.2) is 30.5 Å². The van der Waals surface area contributed by atoms with Crippen LogP contribution in [0.1, 0.15) is 45.6 Å². The highest BCUT2D eigenvalue weighted by Gasteiger charge is 2.33. The van der Waals surface area contributed by atoms with E-state index < -0.39 is 6.04 Å². The number of benzene rings is 1. The standard InChI is InChI=1S/C25H37N3O3/c1-16-9-8-12-28(4)25(30)22(14-19-15-26-21-11-7-6-10-20(19)21)27-24(29)18(3)23(31-5)17(2)13-16/h6-7,10-11,15-18,22-23,26H,8-9,12-14H2,1-5H3,(H,27,29)/t16?,17-,18-,22?,23+/m1/s1. The van der Waals surface area contributed by atoms with Gasteiger partial charge in [0.2, 0.25) is 11.8 Å². The molecule has 0 bridgehead atoms. The Balaban J connectivity index is 1.88. The van der Waals surface area contributed by atoms with Crippen LogP contribution in [0.4, 0.5) is 0 Å². The molecule has 1 aliphatic rings. The van der Waals surface area contributed by atoms with Gasteiger partial charge in [-0.2, -0.15) is 0 Å².